The number of hydrogen-bond donors (Lipinski definition) is 1. The Morgan fingerprint density at radius 3 is 2.45 bits per heavy atom. The average molecular weight is 592 g/mol. The molecule has 13 heteroatoms. The molecule has 2 aromatic carbocycles. The second-order valence-corrected chi connectivity index (χ2v) is 11.9. The number of benzene rings is 2. The number of carbonyl (C=O) groups excluding carboxylic acids is 2. The van der Waals surface area contributed by atoms with Crippen molar-refractivity contribution in [2.45, 2.75) is 29.0 Å². The molecule has 12 nitrogen and oxygen atoms in total. The Morgan fingerprint density at radius 2 is 1.83 bits per heavy atom. The number of pyridine rings is 1. The van der Waals surface area contributed by atoms with Crippen molar-refractivity contribution in [3.8, 4) is 17.7 Å². The summed E-state index contributed by atoms with van der Waals surface area (Å²) in [5.74, 6) is -0.886. The van der Waals surface area contributed by atoms with E-state index in [1.807, 2.05) is 0 Å². The lowest BCUT2D eigenvalue weighted by atomic mass is 9.81. The molecule has 2 amide bonds. The van der Waals surface area contributed by atoms with E-state index in [2.05, 4.69) is 11.1 Å². The predicted molar refractivity (Wildman–Crippen MR) is 150 cm³/mol. The largest absolute Gasteiger partial charge is 0.497 e. The minimum absolute atomic E-state index is 0.00170. The van der Waals surface area contributed by atoms with Gasteiger partial charge in [-0.3, -0.25) is 14.5 Å². The third-order valence-corrected chi connectivity index (χ3v) is 9.33. The van der Waals surface area contributed by atoms with Crippen molar-refractivity contribution in [3.63, 3.8) is 0 Å². The number of methoxy groups -OCH3 is 2. The molecule has 218 valence electrons. The average Bonchev–Trinajstić information content (AvgIpc) is 3.51. The summed E-state index contributed by atoms with van der Waals surface area (Å²) in [6, 6.07) is 14.0. The number of sulfonamides is 1. The van der Waals surface area contributed by atoms with Crippen molar-refractivity contribution in [3.05, 3.63) is 77.5 Å². The highest BCUT2D eigenvalue weighted by Gasteiger charge is 2.64. The number of hydrogen-bond acceptors (Lipinski definition) is 10. The maximum atomic E-state index is 15.0. The quantitative estimate of drug-likeness (QED) is 0.427. The van der Waals surface area contributed by atoms with Gasteiger partial charge in [0.05, 0.1) is 48.6 Å². The third-order valence-electron chi connectivity index (χ3n) is 7.62. The van der Waals surface area contributed by atoms with E-state index in [0.717, 1.165) is 0 Å². The number of nitriles is 1. The lowest BCUT2D eigenvalue weighted by Crippen LogP contribution is -2.59. The van der Waals surface area contributed by atoms with E-state index in [4.69, 9.17) is 9.47 Å². The molecule has 0 aliphatic carbocycles. The highest BCUT2D eigenvalue weighted by Crippen LogP contribution is 2.54. The first-order valence-corrected chi connectivity index (χ1v) is 14.4. The summed E-state index contributed by atoms with van der Waals surface area (Å²) in [4.78, 5) is 35.5. The van der Waals surface area contributed by atoms with E-state index in [0.29, 0.717) is 10.1 Å². The summed E-state index contributed by atoms with van der Waals surface area (Å²) in [7, 11) is 1.38. The number of fused-ring (bicyclic) bond motifs is 1. The van der Waals surface area contributed by atoms with Crippen molar-refractivity contribution in [1.82, 2.24) is 14.8 Å². The Labute approximate surface area is 243 Å². The van der Waals surface area contributed by atoms with Gasteiger partial charge in [0.2, 0.25) is 11.8 Å². The summed E-state index contributed by atoms with van der Waals surface area (Å²) in [5.41, 5.74) is -1.56. The molecule has 3 aromatic rings. The summed E-state index contributed by atoms with van der Waals surface area (Å²) >= 11 is 0. The Hall–Kier alpha value is -4.51. The first kappa shape index (κ1) is 29.0. The molecule has 5 rings (SSSR count). The number of amides is 2. The molecular formula is C29H29N5O7S. The van der Waals surface area contributed by atoms with Gasteiger partial charge in [-0.2, -0.15) is 5.26 Å². The molecule has 1 saturated heterocycles. The molecule has 1 aromatic heterocycles. The fourth-order valence-corrected chi connectivity index (χ4v) is 7.23. The number of ether oxygens (including phenoxy) is 2. The van der Waals surface area contributed by atoms with Gasteiger partial charge in [0, 0.05) is 38.0 Å². The molecule has 2 aliphatic heterocycles. The standard InChI is InChI=1S/C29H29N5O7S/c1-32(2)27(36)25-15-19(35)17-33(25)29(22-6-5-13-31-26(22)41-4)23-14-18(16-30)7-12-24(23)34(28(29)37)42(38,39)21-10-8-20(40-3)9-11-21/h5-14,19,25,35H,15,17H2,1-4H3/t19-,25+,29?/m1/s1. The van der Waals surface area contributed by atoms with Crippen LogP contribution in [-0.4, -0.2) is 87.1 Å². The fraction of sp³-hybridized carbons (Fsp3) is 0.310. The summed E-state index contributed by atoms with van der Waals surface area (Å²) in [6.07, 6.45) is 0.434. The minimum atomic E-state index is -4.54. The van der Waals surface area contributed by atoms with Gasteiger partial charge >= 0.3 is 0 Å². The van der Waals surface area contributed by atoms with E-state index < -0.39 is 39.5 Å². The van der Waals surface area contributed by atoms with Crippen LogP contribution < -0.4 is 13.8 Å². The Balaban J connectivity index is 1.87. The Morgan fingerprint density at radius 1 is 1.12 bits per heavy atom. The summed E-state index contributed by atoms with van der Waals surface area (Å²) in [5, 5.41) is 20.7. The predicted octanol–water partition coefficient (Wildman–Crippen LogP) is 1.47. The number of likely N-dealkylation sites (N-methyl/N-ethyl adjacent to an activating group) is 1. The molecular weight excluding hydrogens is 562 g/mol. The molecule has 1 fully saturated rings. The van der Waals surface area contributed by atoms with Crippen molar-refractivity contribution in [2.75, 3.05) is 39.2 Å². The molecule has 0 spiro atoms. The maximum absolute atomic E-state index is 15.0. The van der Waals surface area contributed by atoms with Gasteiger partial charge in [0.15, 0.2) is 5.54 Å². The van der Waals surface area contributed by atoms with E-state index in [1.54, 1.807) is 26.2 Å². The molecule has 0 saturated carbocycles. The van der Waals surface area contributed by atoms with Crippen LogP contribution in [0.2, 0.25) is 0 Å². The van der Waals surface area contributed by atoms with Crippen LogP contribution in [0.4, 0.5) is 5.69 Å². The van der Waals surface area contributed by atoms with Crippen molar-refractivity contribution < 1.29 is 32.6 Å². The first-order valence-electron chi connectivity index (χ1n) is 13.0. The highest BCUT2D eigenvalue weighted by molar-refractivity contribution is 7.93. The number of likely N-dealkylation sites (tertiary alicyclic amines) is 1. The number of carbonyl (C=O) groups is 2. The lowest BCUT2D eigenvalue weighted by molar-refractivity contribution is -0.138. The van der Waals surface area contributed by atoms with Crippen molar-refractivity contribution in [2.24, 2.45) is 0 Å². The second kappa shape index (κ2) is 10.7. The van der Waals surface area contributed by atoms with Crippen LogP contribution in [0.5, 0.6) is 11.6 Å². The molecule has 3 heterocycles. The molecule has 1 unspecified atom stereocenters. The molecule has 0 radical (unpaired) electrons. The van der Waals surface area contributed by atoms with E-state index >= 15 is 4.79 Å². The van der Waals surface area contributed by atoms with Crippen LogP contribution in [0.3, 0.4) is 0 Å². The number of nitrogens with zero attached hydrogens (tertiary/aromatic N) is 5. The van der Waals surface area contributed by atoms with Crippen molar-refractivity contribution >= 4 is 27.5 Å². The van der Waals surface area contributed by atoms with E-state index in [1.165, 1.54) is 72.7 Å². The number of β-amino-alcohol motifs (C(OH)–C–C–N with tert-alkyl or cyclic N) is 1. The van der Waals surface area contributed by atoms with Crippen LogP contribution in [0, 0.1) is 11.3 Å². The van der Waals surface area contributed by atoms with E-state index in [-0.39, 0.29) is 46.1 Å². The van der Waals surface area contributed by atoms with E-state index in [9.17, 15) is 23.6 Å². The van der Waals surface area contributed by atoms with Crippen LogP contribution >= 0.6 is 0 Å². The van der Waals surface area contributed by atoms with Gasteiger partial charge in [-0.15, -0.1) is 0 Å². The zero-order valence-corrected chi connectivity index (χ0v) is 24.2. The number of anilines is 1. The third kappa shape index (κ3) is 4.27. The topological polar surface area (TPSA) is 153 Å². The Bertz CT molecular complexity index is 1700. The smallest absolute Gasteiger partial charge is 0.271 e. The summed E-state index contributed by atoms with van der Waals surface area (Å²) in [6.45, 7) is -0.152. The lowest BCUT2D eigenvalue weighted by Gasteiger charge is -2.41. The molecule has 2 aliphatic rings. The van der Waals surface area contributed by atoms with Gasteiger partial charge in [-0.05, 0) is 61.0 Å². The maximum Gasteiger partial charge on any atom is 0.271 e. The number of aromatic nitrogens is 1. The van der Waals surface area contributed by atoms with Crippen LogP contribution in [-0.2, 0) is 25.2 Å². The molecule has 3 atom stereocenters. The highest BCUT2D eigenvalue weighted by atomic mass is 32.2. The zero-order chi connectivity index (χ0) is 30.4. The first-order chi connectivity index (χ1) is 20.0. The zero-order valence-electron chi connectivity index (χ0n) is 23.4. The van der Waals surface area contributed by atoms with Gasteiger partial charge in [-0.1, -0.05) is 0 Å². The minimum Gasteiger partial charge on any atom is -0.497 e. The van der Waals surface area contributed by atoms with Gasteiger partial charge in [0.1, 0.15) is 5.75 Å². The van der Waals surface area contributed by atoms with Gasteiger partial charge in [-0.25, -0.2) is 17.7 Å². The number of aliphatic hydroxyl groups is 1. The molecule has 42 heavy (non-hydrogen) atoms. The number of aliphatic hydroxyl groups excluding tert-OH is 1. The second-order valence-electron chi connectivity index (χ2n) is 10.2. The van der Waals surface area contributed by atoms with Gasteiger partial charge in [0.25, 0.3) is 15.9 Å². The fourth-order valence-electron chi connectivity index (χ4n) is 5.77. The Kier molecular flexibility index (Phi) is 7.40. The van der Waals surface area contributed by atoms with Gasteiger partial charge < -0.3 is 19.5 Å². The van der Waals surface area contributed by atoms with Crippen LogP contribution in [0.25, 0.3) is 0 Å². The molecule has 1 N–H and O–H groups in total. The summed E-state index contributed by atoms with van der Waals surface area (Å²) < 4.78 is 39.9. The SMILES string of the molecule is COc1ccc(S(=O)(=O)N2C(=O)C(c3cccnc3OC)(N3C[C@H](O)C[C@H]3C(=O)N(C)C)c3cc(C#N)ccc32)cc1. The monoisotopic (exact) mass is 591 g/mol. The van der Waals surface area contributed by atoms with Crippen LogP contribution in [0.1, 0.15) is 23.1 Å². The van der Waals surface area contributed by atoms with Crippen LogP contribution in [0.15, 0.2) is 65.7 Å². The molecule has 0 bridgehead atoms. The normalized spacial score (nSPS) is 22.0. The number of rotatable bonds is 7. The van der Waals surface area contributed by atoms with Crippen molar-refractivity contribution in [1.29, 1.82) is 5.26 Å².